The lowest BCUT2D eigenvalue weighted by molar-refractivity contribution is -0.131. The molecule has 0 aliphatic carbocycles. The number of nitrogens with two attached hydrogens (primary N) is 1. The molecule has 13 heteroatoms. The van der Waals surface area contributed by atoms with Crippen LogP contribution in [0.1, 0.15) is 64.7 Å². The Morgan fingerprint density at radius 2 is 1.43 bits per heavy atom. The molecule has 0 spiro atoms. The fraction of sp³-hybridized carbons (Fsp3) is 0.426. The van der Waals surface area contributed by atoms with Gasteiger partial charge in [0.05, 0.1) is 24.9 Å². The van der Waals surface area contributed by atoms with Gasteiger partial charge in [-0.25, -0.2) is 9.59 Å². The molecule has 5 rings (SSSR count). The molecule has 4 aromatic rings. The van der Waals surface area contributed by atoms with Gasteiger partial charge in [0.1, 0.15) is 12.1 Å². The normalized spacial score (nSPS) is 15.7. The molecule has 5 unspecified atom stereocenters. The van der Waals surface area contributed by atoms with Crippen LogP contribution in [0.5, 0.6) is 0 Å². The highest BCUT2D eigenvalue weighted by atomic mass is 16.5. The Balaban J connectivity index is 1.42. The fourth-order valence-electron chi connectivity index (χ4n) is 7.70. The van der Waals surface area contributed by atoms with Gasteiger partial charge in [-0.15, -0.1) is 0 Å². The van der Waals surface area contributed by atoms with Gasteiger partial charge in [0.15, 0.2) is 0 Å². The molecule has 0 radical (unpaired) electrons. The zero-order valence-corrected chi connectivity index (χ0v) is 35.9. The van der Waals surface area contributed by atoms with Crippen molar-refractivity contribution in [1.29, 1.82) is 0 Å². The number of pyridine rings is 1. The number of benzene rings is 3. The predicted octanol–water partition coefficient (Wildman–Crippen LogP) is 5.96. The number of carbonyl (C=O) groups is 4. The number of rotatable bonds is 16. The van der Waals surface area contributed by atoms with Crippen LogP contribution in [0.4, 0.5) is 15.3 Å². The van der Waals surface area contributed by atoms with Crippen molar-refractivity contribution in [2.24, 2.45) is 10.8 Å². The smallest absolute Gasteiger partial charge is 0.407 e. The first-order chi connectivity index (χ1) is 28.4. The molecular weight excluding hydrogens is 759 g/mol. The van der Waals surface area contributed by atoms with Gasteiger partial charge in [0, 0.05) is 43.1 Å². The van der Waals surface area contributed by atoms with Crippen LogP contribution >= 0.6 is 0 Å². The number of methoxy groups -OCH3 is 1. The van der Waals surface area contributed by atoms with Crippen LogP contribution in [-0.4, -0.2) is 94.3 Å². The fourth-order valence-corrected chi connectivity index (χ4v) is 7.70. The summed E-state index contributed by atoms with van der Waals surface area (Å²) < 4.78 is 4.84. The van der Waals surface area contributed by atoms with Gasteiger partial charge in [-0.3, -0.25) is 14.6 Å². The Bertz CT molecular complexity index is 2050. The summed E-state index contributed by atoms with van der Waals surface area (Å²) >= 11 is 0. The molecule has 6 N–H and O–H groups in total. The van der Waals surface area contributed by atoms with Gasteiger partial charge >= 0.3 is 12.1 Å². The van der Waals surface area contributed by atoms with Crippen LogP contribution in [0.3, 0.4) is 0 Å². The Hall–Kier alpha value is -5.95. The molecule has 0 saturated carbocycles. The van der Waals surface area contributed by atoms with Crippen molar-refractivity contribution < 1.29 is 29.0 Å². The van der Waals surface area contributed by atoms with Crippen LogP contribution in [-0.2, 0) is 33.7 Å². The third-order valence-electron chi connectivity index (χ3n) is 10.9. The highest BCUT2D eigenvalue weighted by Gasteiger charge is 2.44. The lowest BCUT2D eigenvalue weighted by Gasteiger charge is -2.38. The second-order valence-electron chi connectivity index (χ2n) is 17.7. The molecule has 1 aromatic heterocycles. The van der Waals surface area contributed by atoms with Crippen molar-refractivity contribution in [3.8, 4) is 11.3 Å². The minimum atomic E-state index is -1.15. The second kappa shape index (κ2) is 19.9. The summed E-state index contributed by atoms with van der Waals surface area (Å²) in [7, 11) is 1.24. The first kappa shape index (κ1) is 45.1. The van der Waals surface area contributed by atoms with Gasteiger partial charge in [0.25, 0.3) is 0 Å². The van der Waals surface area contributed by atoms with Crippen LogP contribution in [0, 0.1) is 10.8 Å². The highest BCUT2D eigenvalue weighted by molar-refractivity contribution is 5.89. The zero-order chi connectivity index (χ0) is 43.6. The lowest BCUT2D eigenvalue weighted by Crippen LogP contribution is -2.59. The number of alkyl carbamates (subject to hydrolysis) is 1. The largest absolute Gasteiger partial charge is 0.453 e. The Morgan fingerprint density at radius 1 is 0.783 bits per heavy atom. The van der Waals surface area contributed by atoms with Gasteiger partial charge < -0.3 is 41.3 Å². The lowest BCUT2D eigenvalue weighted by atomic mass is 9.84. The van der Waals surface area contributed by atoms with Crippen LogP contribution in [0.25, 0.3) is 11.3 Å². The number of nitrogen functional groups attached to an aromatic ring is 1. The number of aliphatic hydroxyl groups excluding tert-OH is 1. The average Bonchev–Trinajstić information content (AvgIpc) is 3.55. The number of hydrogen-bond donors (Lipinski definition) is 5. The van der Waals surface area contributed by atoms with Crippen molar-refractivity contribution in [3.63, 3.8) is 0 Å². The van der Waals surface area contributed by atoms with Gasteiger partial charge in [-0.05, 0) is 65.0 Å². The molecule has 2 heterocycles. The van der Waals surface area contributed by atoms with E-state index in [9.17, 15) is 24.3 Å². The molecule has 13 nitrogen and oxygen atoms in total. The topological polar surface area (TPSA) is 179 Å². The molecule has 0 bridgehead atoms. The number of aliphatic hydroxyl groups is 1. The van der Waals surface area contributed by atoms with E-state index in [4.69, 9.17) is 10.5 Å². The SMILES string of the molecule is COC(=O)NC(C(=O)NC(Cc1ccc(-c2ccccn2)cc1)CC(O)C(Cc1ccccc1)NC(=O)C(N1CCN(Cc2ccccc2N)C1=O)C(C)(C)C)C(C)(C)C. The van der Waals surface area contributed by atoms with Crippen molar-refractivity contribution in [1.82, 2.24) is 30.7 Å². The zero-order valence-electron chi connectivity index (χ0n) is 35.9. The molecule has 1 aliphatic heterocycles. The van der Waals surface area contributed by atoms with Crippen LogP contribution in [0.15, 0.2) is 103 Å². The Morgan fingerprint density at radius 3 is 2.05 bits per heavy atom. The van der Waals surface area contributed by atoms with E-state index < -0.39 is 59.0 Å². The van der Waals surface area contributed by atoms with Crippen molar-refractivity contribution in [3.05, 3.63) is 120 Å². The number of hydrogen-bond acceptors (Lipinski definition) is 8. The van der Waals surface area contributed by atoms with Gasteiger partial charge in [0.2, 0.25) is 11.8 Å². The third-order valence-corrected chi connectivity index (χ3v) is 10.9. The minimum Gasteiger partial charge on any atom is -0.453 e. The summed E-state index contributed by atoms with van der Waals surface area (Å²) in [5.41, 5.74) is 9.81. The van der Waals surface area contributed by atoms with Crippen molar-refractivity contribution >= 4 is 29.6 Å². The maximum atomic E-state index is 14.6. The summed E-state index contributed by atoms with van der Waals surface area (Å²) in [6.45, 7) is 12.4. The Kier molecular flexibility index (Phi) is 14.9. The number of ether oxygens (including phenoxy) is 1. The summed E-state index contributed by atoms with van der Waals surface area (Å²) in [6, 6.07) is 27.0. The standard InChI is InChI=1S/C47H61N7O6/c1-46(2,3)40(52-44(58)60-7)42(56)50-35(27-32-20-22-33(23-21-32)37-19-13-14-24-49-37)29-39(55)38(28-31-15-9-8-10-16-31)51-43(57)41(47(4,5)6)54-26-25-53(45(54)59)30-34-17-11-12-18-36(34)48/h8-24,35,38-41,55H,25-30,48H2,1-7H3,(H,50,56)(H,51,57)(H,52,58). The summed E-state index contributed by atoms with van der Waals surface area (Å²) in [4.78, 5) is 62.7. The second-order valence-corrected chi connectivity index (χ2v) is 17.7. The number of nitrogens with zero attached hydrogens (tertiary/aromatic N) is 3. The van der Waals surface area contributed by atoms with E-state index in [2.05, 4.69) is 20.9 Å². The van der Waals surface area contributed by atoms with E-state index in [0.29, 0.717) is 31.7 Å². The van der Waals surface area contributed by atoms with E-state index in [1.165, 1.54) is 7.11 Å². The van der Waals surface area contributed by atoms with E-state index in [0.717, 1.165) is 27.9 Å². The number of nitrogens with one attached hydrogen (secondary N) is 3. The van der Waals surface area contributed by atoms with Crippen molar-refractivity contribution in [2.75, 3.05) is 25.9 Å². The maximum absolute atomic E-state index is 14.6. The summed E-state index contributed by atoms with van der Waals surface area (Å²) in [5.74, 6) is -0.835. The average molecular weight is 820 g/mol. The molecule has 1 fully saturated rings. The Labute approximate surface area is 354 Å². The molecule has 3 aromatic carbocycles. The third kappa shape index (κ3) is 12.1. The maximum Gasteiger partial charge on any atom is 0.407 e. The van der Waals surface area contributed by atoms with Crippen LogP contribution < -0.4 is 21.7 Å². The summed E-state index contributed by atoms with van der Waals surface area (Å²) in [6.07, 6.45) is 0.512. The monoisotopic (exact) mass is 819 g/mol. The number of aromatic nitrogens is 1. The number of amides is 5. The summed E-state index contributed by atoms with van der Waals surface area (Å²) in [5, 5.41) is 21.2. The van der Waals surface area contributed by atoms with Gasteiger partial charge in [-0.2, -0.15) is 0 Å². The molecule has 1 aliphatic rings. The number of para-hydroxylation sites is 1. The van der Waals surface area contributed by atoms with Gasteiger partial charge in [-0.1, -0.05) is 120 Å². The molecule has 1 saturated heterocycles. The first-order valence-corrected chi connectivity index (χ1v) is 20.5. The van der Waals surface area contributed by atoms with Crippen molar-refractivity contribution in [2.45, 2.75) is 97.6 Å². The molecular formula is C47H61N7O6. The predicted molar refractivity (Wildman–Crippen MR) is 233 cm³/mol. The molecule has 5 atom stereocenters. The van der Waals surface area contributed by atoms with E-state index >= 15 is 0 Å². The first-order valence-electron chi connectivity index (χ1n) is 20.5. The number of anilines is 1. The van der Waals surface area contributed by atoms with Crippen LogP contribution in [0.2, 0.25) is 0 Å². The minimum absolute atomic E-state index is 0.0513. The number of carbonyl (C=O) groups excluding carboxylic acids is 4. The molecule has 60 heavy (non-hydrogen) atoms. The van der Waals surface area contributed by atoms with E-state index in [1.54, 1.807) is 22.1 Å². The van der Waals surface area contributed by atoms with E-state index in [-0.39, 0.29) is 18.9 Å². The number of urea groups is 1. The molecule has 320 valence electrons. The highest BCUT2D eigenvalue weighted by Crippen LogP contribution is 2.30. The quantitative estimate of drug-likeness (QED) is 0.0860. The van der Waals surface area contributed by atoms with E-state index in [1.807, 2.05) is 133 Å². The molecule has 5 amide bonds.